The van der Waals surface area contributed by atoms with E-state index in [-0.39, 0.29) is 35.4 Å². The Kier molecular flexibility index (Phi) is 11.9. The molecule has 0 unspecified atom stereocenters. The first-order valence-electron chi connectivity index (χ1n) is 7.83. The Labute approximate surface area is 167 Å². The summed E-state index contributed by atoms with van der Waals surface area (Å²) in [6.45, 7) is 0. The summed E-state index contributed by atoms with van der Waals surface area (Å²) in [6.07, 6.45) is 20.0. The first-order valence-corrected chi connectivity index (χ1v) is 8.99. The third-order valence-corrected chi connectivity index (χ3v) is 4.54. The van der Waals surface area contributed by atoms with Crippen LogP contribution in [0.5, 0.6) is 0 Å². The summed E-state index contributed by atoms with van der Waals surface area (Å²) in [5.41, 5.74) is 0. The van der Waals surface area contributed by atoms with Gasteiger partial charge in [0.1, 0.15) is 9.52 Å². The first kappa shape index (κ1) is 20.5. The van der Waals surface area contributed by atoms with Gasteiger partial charge in [-0.2, -0.15) is 12.2 Å². The van der Waals surface area contributed by atoms with Crippen LogP contribution in [0, 0.1) is 12.2 Å². The van der Waals surface area contributed by atoms with Crippen molar-refractivity contribution >= 4 is 19.9 Å². The van der Waals surface area contributed by atoms with Crippen molar-refractivity contribution in [3.8, 4) is 0 Å². The molecule has 2 heteroatoms. The molecule has 0 aromatic heterocycles. The molecule has 0 heterocycles. The van der Waals surface area contributed by atoms with E-state index in [1.54, 1.807) is 0 Å². The second-order valence-electron chi connectivity index (χ2n) is 4.97. The Bertz CT molecular complexity index is 575. The fourth-order valence-corrected chi connectivity index (χ4v) is 3.19. The molecule has 119 valence electrons. The van der Waals surface area contributed by atoms with E-state index in [4.69, 9.17) is 0 Å². The van der Waals surface area contributed by atoms with Gasteiger partial charge in [-0.25, -0.2) is 24.3 Å². The minimum atomic E-state index is 0. The van der Waals surface area contributed by atoms with Gasteiger partial charge in [-0.1, -0.05) is 71.0 Å². The van der Waals surface area contributed by atoms with Crippen LogP contribution in [0.1, 0.15) is 12.8 Å². The van der Waals surface area contributed by atoms with Crippen molar-refractivity contribution in [2.24, 2.45) is 0 Å². The summed E-state index contributed by atoms with van der Waals surface area (Å²) in [5.74, 6) is 0. The molecule has 2 aliphatic carbocycles. The minimum Gasteiger partial charge on any atom is -0.273 e. The summed E-state index contributed by atoms with van der Waals surface area (Å²) in [4.78, 5) is 0. The van der Waals surface area contributed by atoms with Crippen molar-refractivity contribution in [3.63, 3.8) is 0 Å². The maximum absolute atomic E-state index is 2.99. The molecular weight excluding hydrogens is 471 g/mol. The van der Waals surface area contributed by atoms with Crippen LogP contribution in [0.25, 0.3) is 0 Å². The second kappa shape index (κ2) is 13.9. The molecule has 0 aliphatic heterocycles. The van der Waals surface area contributed by atoms with E-state index in [9.17, 15) is 0 Å². The minimum absolute atomic E-state index is 0. The summed E-state index contributed by atoms with van der Waals surface area (Å²) >= 11 is 0. The molecule has 0 N–H and O–H groups in total. The average Bonchev–Trinajstić information content (AvgIpc) is 3.35. The van der Waals surface area contributed by atoms with Gasteiger partial charge < -0.3 is 0 Å². The second-order valence-corrected chi connectivity index (χ2v) is 6.59. The van der Waals surface area contributed by atoms with E-state index in [2.05, 4.69) is 85.0 Å². The molecule has 1 radical (unpaired) electrons. The van der Waals surface area contributed by atoms with Crippen molar-refractivity contribution in [2.75, 3.05) is 0 Å². The van der Waals surface area contributed by atoms with Gasteiger partial charge >= 0.3 is 0 Å². The predicted molar refractivity (Wildman–Crippen MR) is 102 cm³/mol. The zero-order valence-corrected chi connectivity index (χ0v) is 18.5. The summed E-state index contributed by atoms with van der Waals surface area (Å²) in [5, 5.41) is 2.90. The molecule has 0 bridgehead atoms. The van der Waals surface area contributed by atoms with Gasteiger partial charge in [0, 0.05) is 25.8 Å². The molecule has 0 fully saturated rings. The Morgan fingerprint density at radius 3 is 1.29 bits per heavy atom. The molecule has 4 rings (SSSR count). The Hall–Kier alpha value is -1.51. The largest absolute Gasteiger partial charge is 0.273 e. The van der Waals surface area contributed by atoms with E-state index in [1.165, 1.54) is 10.4 Å². The molecule has 0 amide bonds. The fourth-order valence-electron chi connectivity index (χ4n) is 1.97. The number of hydrogen-bond acceptors (Lipinski definition) is 0. The molecule has 0 saturated carbocycles. The van der Waals surface area contributed by atoms with Gasteiger partial charge in [0.25, 0.3) is 0 Å². The van der Waals surface area contributed by atoms with Crippen molar-refractivity contribution < 1.29 is 25.8 Å². The van der Waals surface area contributed by atoms with Gasteiger partial charge in [0.05, 0.1) is 0 Å². The molecule has 2 aromatic rings. The third-order valence-electron chi connectivity index (χ3n) is 3.10. The molecule has 24 heavy (non-hydrogen) atoms. The molecule has 2 aliphatic rings. The van der Waals surface area contributed by atoms with Gasteiger partial charge in [-0.3, -0.25) is 12.2 Å². The van der Waals surface area contributed by atoms with Crippen LogP contribution in [0.15, 0.2) is 97.1 Å². The zero-order valence-electron chi connectivity index (χ0n) is 13.7. The molecule has 0 nitrogen and oxygen atoms in total. The van der Waals surface area contributed by atoms with Gasteiger partial charge in [-0.05, 0) is 0 Å². The van der Waals surface area contributed by atoms with Gasteiger partial charge in [0.2, 0.25) is 0 Å². The summed E-state index contributed by atoms with van der Waals surface area (Å²) in [7, 11) is 0.271. The van der Waals surface area contributed by atoms with Gasteiger partial charge in [-0.15, -0.1) is 12.8 Å². The van der Waals surface area contributed by atoms with E-state index in [1.807, 2.05) is 24.3 Å². The van der Waals surface area contributed by atoms with E-state index in [0.29, 0.717) is 0 Å². The Morgan fingerprint density at radius 2 is 1.04 bits per heavy atom. The van der Waals surface area contributed by atoms with E-state index >= 15 is 0 Å². The van der Waals surface area contributed by atoms with Crippen molar-refractivity contribution in [1.29, 1.82) is 0 Å². The smallest absolute Gasteiger partial charge is 0.103 e. The fraction of sp³-hybridized carbons (Fsp3) is 0.0909. The van der Waals surface area contributed by atoms with Crippen LogP contribution in [-0.2, 0) is 25.8 Å². The SMILES string of the molecule is [C-]1=CC=CC1.[C-]1=CC=CC1.[Hf].c1ccc([SiH]c2ccccc2)cc1. The molecular formula is C22H21HfSi-2. The third kappa shape index (κ3) is 9.59. The summed E-state index contributed by atoms with van der Waals surface area (Å²) < 4.78 is 0. The number of benzene rings is 2. The van der Waals surface area contributed by atoms with Crippen LogP contribution in [0.2, 0.25) is 0 Å². The maximum Gasteiger partial charge on any atom is 0.103 e. The van der Waals surface area contributed by atoms with Crippen LogP contribution >= 0.6 is 0 Å². The maximum atomic E-state index is 2.99. The van der Waals surface area contributed by atoms with Crippen molar-refractivity contribution in [1.82, 2.24) is 0 Å². The van der Waals surface area contributed by atoms with Crippen LogP contribution < -0.4 is 10.4 Å². The first-order chi connectivity index (χ1) is 11.4. The van der Waals surface area contributed by atoms with Gasteiger partial charge in [0.15, 0.2) is 0 Å². The molecule has 0 spiro atoms. The number of allylic oxidation sites excluding steroid dienone is 8. The monoisotopic (exact) mass is 493 g/mol. The molecule has 2 aromatic carbocycles. The predicted octanol–water partition coefficient (Wildman–Crippen LogP) is 3.68. The Morgan fingerprint density at radius 1 is 0.625 bits per heavy atom. The van der Waals surface area contributed by atoms with E-state index < -0.39 is 0 Å². The number of hydrogen-bond donors (Lipinski definition) is 0. The quantitative estimate of drug-likeness (QED) is 0.444. The van der Waals surface area contributed by atoms with Crippen LogP contribution in [-0.4, -0.2) is 9.52 Å². The topological polar surface area (TPSA) is 0 Å². The van der Waals surface area contributed by atoms with Crippen molar-refractivity contribution in [2.45, 2.75) is 12.8 Å². The normalized spacial score (nSPS) is 12.7. The standard InChI is InChI=1S/C12H11Si.2C5H5.Hf/c1-3-7-11(8-4-1)13-12-9-5-2-6-10-12;2*1-2-4-5-3-1;/h1-10,13H;2*1-3H,4H2;/q;2*-1;. The zero-order chi connectivity index (χ0) is 16.0. The van der Waals surface area contributed by atoms with Crippen LogP contribution in [0.3, 0.4) is 0 Å². The number of rotatable bonds is 2. The van der Waals surface area contributed by atoms with Crippen molar-refractivity contribution in [3.05, 3.63) is 109 Å². The van der Waals surface area contributed by atoms with E-state index in [0.717, 1.165) is 12.8 Å². The molecule has 0 saturated heterocycles. The Balaban J connectivity index is 0.000000216. The summed E-state index contributed by atoms with van der Waals surface area (Å²) in [6, 6.07) is 21.3. The average molecular weight is 492 g/mol. The van der Waals surface area contributed by atoms with Crippen LogP contribution in [0.4, 0.5) is 0 Å². The molecule has 0 atom stereocenters.